The average molecular weight is 395 g/mol. The second-order valence-corrected chi connectivity index (χ2v) is 5.72. The van der Waals surface area contributed by atoms with Crippen LogP contribution in [0.3, 0.4) is 0 Å². The van der Waals surface area contributed by atoms with E-state index in [4.69, 9.17) is 0 Å². The van der Waals surface area contributed by atoms with Crippen molar-refractivity contribution in [1.29, 1.82) is 0 Å². The molecule has 2 rings (SSSR count). The third-order valence-electron chi connectivity index (χ3n) is 2.60. The summed E-state index contributed by atoms with van der Waals surface area (Å²) in [6.45, 7) is 2.00. The predicted octanol–water partition coefficient (Wildman–Crippen LogP) is 0.0105. The van der Waals surface area contributed by atoms with Crippen molar-refractivity contribution in [3.63, 3.8) is 0 Å². The first-order chi connectivity index (χ1) is 7.13. The number of para-hydroxylation sites is 1. The van der Waals surface area contributed by atoms with Gasteiger partial charge in [-0.05, 0) is 0 Å². The number of hydrogen-bond acceptors (Lipinski definition) is 1. The van der Waals surface area contributed by atoms with Gasteiger partial charge in [-0.2, -0.15) is 0 Å². The maximum absolute atomic E-state index is 12.0. The van der Waals surface area contributed by atoms with E-state index < -0.39 is 0 Å². The summed E-state index contributed by atoms with van der Waals surface area (Å²) in [6.07, 6.45) is 0. The number of nitrogens with zero attached hydrogens (tertiary/aromatic N) is 2. The second kappa shape index (κ2) is 3.96. The monoisotopic (exact) mass is 396 g/mol. The molecule has 2 aromatic rings. The summed E-state index contributed by atoms with van der Waals surface area (Å²) in [4.78, 5) is 12.0. The van der Waals surface area contributed by atoms with Crippen molar-refractivity contribution in [2.45, 2.75) is 6.92 Å². The van der Waals surface area contributed by atoms with Crippen LogP contribution in [-0.2, 0) is 7.05 Å². The van der Waals surface area contributed by atoms with Gasteiger partial charge in [-0.15, -0.1) is 0 Å². The predicted molar refractivity (Wildman–Crippen MR) is 62.5 cm³/mol. The zero-order chi connectivity index (χ0) is 11.0. The van der Waals surface area contributed by atoms with Crippen molar-refractivity contribution in [3.05, 3.63) is 46.4 Å². The van der Waals surface area contributed by atoms with Gasteiger partial charge >= 0.3 is 104 Å². The first kappa shape index (κ1) is 10.7. The number of aromatic nitrogens is 2. The first-order valence-corrected chi connectivity index (χ1v) is 6.97. The van der Waals surface area contributed by atoms with Gasteiger partial charge in [-0.1, -0.05) is 0 Å². The van der Waals surface area contributed by atoms with E-state index >= 15 is 0 Å². The molecule has 0 unspecified atom stereocenters. The third kappa shape index (κ3) is 1.69. The zero-order valence-corrected chi connectivity index (χ0v) is 13.3. The summed E-state index contributed by atoms with van der Waals surface area (Å²) in [7, 11) is 1.93. The van der Waals surface area contributed by atoms with Crippen LogP contribution in [0.5, 0.6) is 0 Å². The SMILES string of the molecule is Cc1[c]([PbH])c(=O)n(-c2ccccc2)n1C. The van der Waals surface area contributed by atoms with Gasteiger partial charge in [0, 0.05) is 0 Å². The van der Waals surface area contributed by atoms with Crippen LogP contribution in [0.25, 0.3) is 5.69 Å². The standard InChI is InChI=1S/C11H11N2O.Pb.H/c1-9-8-11(14)13(12(9)2)10-6-4-3-5-7-10;;/h3-7H,1-2H3;;. The molecule has 0 bridgehead atoms. The van der Waals surface area contributed by atoms with Crippen LogP contribution in [0, 0.1) is 6.92 Å². The van der Waals surface area contributed by atoms with Gasteiger partial charge in [0.15, 0.2) is 0 Å². The van der Waals surface area contributed by atoms with Gasteiger partial charge in [0.25, 0.3) is 0 Å². The van der Waals surface area contributed by atoms with Crippen LogP contribution < -0.4 is 8.68 Å². The van der Waals surface area contributed by atoms with Crippen LogP contribution in [0.15, 0.2) is 35.1 Å². The van der Waals surface area contributed by atoms with E-state index in [1.165, 1.54) is 0 Å². The molecule has 0 fully saturated rings. The van der Waals surface area contributed by atoms with E-state index in [1.807, 2.05) is 49.0 Å². The Bertz CT molecular complexity index is 540. The van der Waals surface area contributed by atoms with Crippen LogP contribution in [0.4, 0.5) is 0 Å². The second-order valence-electron chi connectivity index (χ2n) is 3.48. The molecular formula is C11H12N2OPb. The van der Waals surface area contributed by atoms with Crippen molar-refractivity contribution in [1.82, 2.24) is 9.36 Å². The molecule has 0 saturated heterocycles. The summed E-state index contributed by atoms with van der Waals surface area (Å²) < 4.78 is 4.62. The number of benzene rings is 1. The molecule has 0 N–H and O–H groups in total. The van der Waals surface area contributed by atoms with Gasteiger partial charge in [-0.25, -0.2) is 0 Å². The molecule has 1 aromatic carbocycles. The Morgan fingerprint density at radius 2 is 1.80 bits per heavy atom. The quantitative estimate of drug-likeness (QED) is 0.625. The Labute approximate surface area is 104 Å². The number of rotatable bonds is 1. The topological polar surface area (TPSA) is 26.9 Å². The summed E-state index contributed by atoms with van der Waals surface area (Å²) in [5.74, 6) is 0. The maximum atomic E-state index is 12.0. The molecule has 3 nitrogen and oxygen atoms in total. The minimum atomic E-state index is 0.131. The fourth-order valence-corrected chi connectivity index (χ4v) is 2.79. The summed E-state index contributed by atoms with van der Waals surface area (Å²) in [5.41, 5.74) is 2.14. The van der Waals surface area contributed by atoms with E-state index in [1.54, 1.807) is 4.68 Å². The molecule has 0 spiro atoms. The van der Waals surface area contributed by atoms with Crippen LogP contribution in [0.2, 0.25) is 0 Å². The van der Waals surface area contributed by atoms with Crippen molar-refractivity contribution in [3.8, 4) is 5.69 Å². The van der Waals surface area contributed by atoms with Gasteiger partial charge in [0.05, 0.1) is 0 Å². The van der Waals surface area contributed by atoms with Gasteiger partial charge in [-0.3, -0.25) is 0 Å². The van der Waals surface area contributed by atoms with Crippen molar-refractivity contribution in [2.75, 3.05) is 0 Å². The molecule has 15 heavy (non-hydrogen) atoms. The van der Waals surface area contributed by atoms with Gasteiger partial charge < -0.3 is 0 Å². The molecule has 0 aliphatic rings. The molecule has 1 heterocycles. The van der Waals surface area contributed by atoms with Crippen LogP contribution in [-0.4, -0.2) is 35.1 Å². The molecule has 0 saturated carbocycles. The Hall–Kier alpha value is -0.848. The van der Waals surface area contributed by atoms with Crippen LogP contribution >= 0.6 is 0 Å². The third-order valence-corrected chi connectivity index (χ3v) is 5.18. The summed E-state index contributed by atoms with van der Waals surface area (Å²) in [6, 6.07) is 9.74. The molecular weight excluding hydrogens is 383 g/mol. The van der Waals surface area contributed by atoms with Crippen LogP contribution in [0.1, 0.15) is 5.69 Å². The Balaban J connectivity index is 2.75. The van der Waals surface area contributed by atoms with E-state index in [9.17, 15) is 4.79 Å². The Morgan fingerprint density at radius 1 is 1.20 bits per heavy atom. The van der Waals surface area contributed by atoms with E-state index in [2.05, 4.69) is 0 Å². The molecule has 0 aliphatic heterocycles. The van der Waals surface area contributed by atoms with E-state index in [0.717, 1.165) is 14.5 Å². The molecule has 2 radical (unpaired) electrons. The first-order valence-electron chi connectivity index (χ1n) is 4.72. The van der Waals surface area contributed by atoms with E-state index in [-0.39, 0.29) is 5.56 Å². The van der Waals surface area contributed by atoms with E-state index in [0.29, 0.717) is 25.8 Å². The van der Waals surface area contributed by atoms with Crippen molar-refractivity contribution < 1.29 is 0 Å². The van der Waals surface area contributed by atoms with Gasteiger partial charge in [0.1, 0.15) is 0 Å². The van der Waals surface area contributed by atoms with Gasteiger partial charge in [0.2, 0.25) is 0 Å². The molecule has 0 amide bonds. The molecule has 0 atom stereocenters. The Morgan fingerprint density at radius 3 is 2.27 bits per heavy atom. The summed E-state index contributed by atoms with van der Waals surface area (Å²) in [5, 5.41) is 0. The zero-order valence-electron chi connectivity index (χ0n) is 8.77. The molecule has 76 valence electrons. The van der Waals surface area contributed by atoms with Crippen molar-refractivity contribution >= 4 is 28.9 Å². The minimum absolute atomic E-state index is 0.131. The molecule has 4 heteroatoms. The average Bonchev–Trinajstić information content (AvgIpc) is 2.45. The number of hydrogen-bond donors (Lipinski definition) is 0. The molecule has 0 aliphatic carbocycles. The van der Waals surface area contributed by atoms with Crippen molar-refractivity contribution in [2.24, 2.45) is 7.05 Å². The fraction of sp³-hybridized carbons (Fsp3) is 0.182. The fourth-order valence-electron chi connectivity index (χ4n) is 1.59. The summed E-state index contributed by atoms with van der Waals surface area (Å²) >= 11 is 0.582. The normalized spacial score (nSPS) is 10.6. The molecule has 1 aromatic heterocycles. The Kier molecular flexibility index (Phi) is 2.81.